The Kier molecular flexibility index (Phi) is 2.64. The van der Waals surface area contributed by atoms with Gasteiger partial charge in [0.05, 0.1) is 0 Å². The molecule has 0 aliphatic heterocycles. The number of ketones is 2. The second kappa shape index (κ2) is 4.10. The van der Waals surface area contributed by atoms with Gasteiger partial charge in [0, 0.05) is 12.1 Å². The summed E-state index contributed by atoms with van der Waals surface area (Å²) in [6.07, 6.45) is 3.57. The predicted octanol–water partition coefficient (Wildman–Crippen LogP) is 1.80. The van der Waals surface area contributed by atoms with Gasteiger partial charge in [0.1, 0.15) is 17.3 Å². The molecular weight excluding hydrogens is 211 g/mol. The van der Waals surface area contributed by atoms with Gasteiger partial charge in [-0.2, -0.15) is 0 Å². The maximum atomic E-state index is 12.8. The van der Waals surface area contributed by atoms with Gasteiger partial charge in [0.15, 0.2) is 0 Å². The predicted molar refractivity (Wildman–Crippen MR) is 54.3 cm³/mol. The Hall–Kier alpha value is -2.23. The Labute approximate surface area is 90.8 Å². The first-order valence-corrected chi connectivity index (χ1v) is 4.56. The van der Waals surface area contributed by atoms with Crippen molar-refractivity contribution in [2.75, 3.05) is 0 Å². The van der Waals surface area contributed by atoms with Crippen molar-refractivity contribution in [1.29, 1.82) is 0 Å². The van der Waals surface area contributed by atoms with Gasteiger partial charge in [-0.05, 0) is 24.3 Å². The van der Waals surface area contributed by atoms with E-state index in [2.05, 4.69) is 0 Å². The van der Waals surface area contributed by atoms with E-state index in [1.165, 1.54) is 24.3 Å². The highest BCUT2D eigenvalue weighted by molar-refractivity contribution is 6.46. The topological polar surface area (TPSA) is 43.4 Å². The van der Waals surface area contributed by atoms with E-state index in [9.17, 15) is 14.0 Å². The van der Waals surface area contributed by atoms with E-state index in [0.29, 0.717) is 0 Å². The van der Waals surface area contributed by atoms with Gasteiger partial charge in [0.2, 0.25) is 11.6 Å². The van der Waals surface area contributed by atoms with Crippen molar-refractivity contribution in [2.45, 2.75) is 0 Å². The van der Waals surface area contributed by atoms with Crippen LogP contribution in [0.5, 0.6) is 5.75 Å². The molecule has 0 radical (unpaired) electrons. The van der Waals surface area contributed by atoms with Crippen molar-refractivity contribution < 1.29 is 18.7 Å². The molecule has 1 aliphatic rings. The molecular formula is C12H7FO3. The Morgan fingerprint density at radius 3 is 2.56 bits per heavy atom. The molecule has 1 aromatic rings. The summed E-state index contributed by atoms with van der Waals surface area (Å²) in [5, 5.41) is 0. The lowest BCUT2D eigenvalue weighted by atomic mass is 10.1. The molecule has 0 fully saturated rings. The van der Waals surface area contributed by atoms with Crippen LogP contribution < -0.4 is 4.74 Å². The molecule has 0 saturated heterocycles. The molecule has 0 spiro atoms. The summed E-state index contributed by atoms with van der Waals surface area (Å²) < 4.78 is 18.0. The lowest BCUT2D eigenvalue weighted by Gasteiger charge is -2.08. The van der Waals surface area contributed by atoms with Crippen LogP contribution in [0, 0.1) is 5.82 Å². The molecule has 0 amide bonds. The minimum absolute atomic E-state index is 0.218. The number of ether oxygens (including phenoxy) is 1. The summed E-state index contributed by atoms with van der Waals surface area (Å²) in [7, 11) is 0. The van der Waals surface area contributed by atoms with Gasteiger partial charge < -0.3 is 4.74 Å². The molecule has 0 N–H and O–H groups in total. The summed E-state index contributed by atoms with van der Waals surface area (Å²) in [6.45, 7) is 0. The van der Waals surface area contributed by atoms with Crippen LogP contribution in [0.4, 0.5) is 4.39 Å². The van der Waals surface area contributed by atoms with E-state index < -0.39 is 17.4 Å². The monoisotopic (exact) mass is 218 g/mol. The van der Waals surface area contributed by atoms with Crippen LogP contribution in [0.25, 0.3) is 0 Å². The summed E-state index contributed by atoms with van der Waals surface area (Å²) in [5.74, 6) is -1.17. The van der Waals surface area contributed by atoms with Gasteiger partial charge in [-0.3, -0.25) is 9.59 Å². The summed E-state index contributed by atoms with van der Waals surface area (Å²) >= 11 is 0. The fraction of sp³-hybridized carbons (Fsp3) is 0. The fourth-order valence-electron chi connectivity index (χ4n) is 1.22. The van der Waals surface area contributed by atoms with Crippen molar-refractivity contribution in [3.05, 3.63) is 54.1 Å². The van der Waals surface area contributed by atoms with Gasteiger partial charge in [-0.25, -0.2) is 4.39 Å². The maximum Gasteiger partial charge on any atom is 0.229 e. The number of allylic oxidation sites excluding steroid dienone is 3. The van der Waals surface area contributed by atoms with Gasteiger partial charge >= 0.3 is 0 Å². The molecule has 1 aliphatic carbocycles. The highest BCUT2D eigenvalue weighted by Crippen LogP contribution is 2.17. The number of hydrogen-bond donors (Lipinski definition) is 0. The first kappa shape index (κ1) is 10.3. The third-order valence-corrected chi connectivity index (χ3v) is 1.95. The van der Waals surface area contributed by atoms with E-state index in [0.717, 1.165) is 12.2 Å². The lowest BCUT2D eigenvalue weighted by molar-refractivity contribution is -0.131. The van der Waals surface area contributed by atoms with Gasteiger partial charge in [-0.1, -0.05) is 6.07 Å². The third kappa shape index (κ3) is 2.23. The van der Waals surface area contributed by atoms with Gasteiger partial charge in [0.25, 0.3) is 0 Å². The van der Waals surface area contributed by atoms with Crippen molar-refractivity contribution in [2.24, 2.45) is 0 Å². The van der Waals surface area contributed by atoms with E-state index in [4.69, 9.17) is 4.74 Å². The number of benzene rings is 1. The van der Waals surface area contributed by atoms with E-state index in [-0.39, 0.29) is 11.5 Å². The van der Waals surface area contributed by atoms with E-state index >= 15 is 0 Å². The second-order valence-corrected chi connectivity index (χ2v) is 3.17. The molecule has 0 bridgehead atoms. The van der Waals surface area contributed by atoms with Crippen LogP contribution >= 0.6 is 0 Å². The van der Waals surface area contributed by atoms with E-state index in [1.54, 1.807) is 6.07 Å². The molecule has 3 nitrogen and oxygen atoms in total. The maximum absolute atomic E-state index is 12.8. The number of carbonyl (C=O) groups excluding carboxylic acids is 2. The van der Waals surface area contributed by atoms with Gasteiger partial charge in [-0.15, -0.1) is 0 Å². The first-order chi connectivity index (χ1) is 7.65. The second-order valence-electron chi connectivity index (χ2n) is 3.17. The summed E-state index contributed by atoms with van der Waals surface area (Å²) in [5.41, 5.74) is 0. The van der Waals surface area contributed by atoms with Crippen molar-refractivity contribution in [3.63, 3.8) is 0 Å². The zero-order valence-corrected chi connectivity index (χ0v) is 8.14. The number of hydrogen-bond acceptors (Lipinski definition) is 3. The molecule has 0 unspecified atom stereocenters. The zero-order valence-electron chi connectivity index (χ0n) is 8.14. The summed E-state index contributed by atoms with van der Waals surface area (Å²) in [4.78, 5) is 21.9. The first-order valence-electron chi connectivity index (χ1n) is 4.56. The minimum Gasteiger partial charge on any atom is -0.457 e. The number of carbonyl (C=O) groups is 2. The molecule has 0 atom stereocenters. The Morgan fingerprint density at radius 1 is 1.06 bits per heavy atom. The third-order valence-electron chi connectivity index (χ3n) is 1.95. The molecule has 16 heavy (non-hydrogen) atoms. The molecule has 1 aromatic carbocycles. The normalized spacial score (nSPS) is 14.9. The highest BCUT2D eigenvalue weighted by atomic mass is 19.1. The van der Waals surface area contributed by atoms with E-state index in [1.807, 2.05) is 0 Å². The Bertz CT molecular complexity index is 515. The zero-order chi connectivity index (χ0) is 11.5. The highest BCUT2D eigenvalue weighted by Gasteiger charge is 2.14. The molecule has 0 aromatic heterocycles. The average Bonchev–Trinajstić information content (AvgIpc) is 2.24. The van der Waals surface area contributed by atoms with Crippen LogP contribution in [-0.4, -0.2) is 11.6 Å². The summed E-state index contributed by atoms with van der Waals surface area (Å²) in [6, 6.07) is 5.52. The smallest absolute Gasteiger partial charge is 0.229 e. The average molecular weight is 218 g/mol. The minimum atomic E-state index is -0.645. The fourth-order valence-corrected chi connectivity index (χ4v) is 1.22. The SMILES string of the molecule is O=C1C=CC(Oc2cccc(F)c2)=CC1=O. The molecule has 2 rings (SSSR count). The van der Waals surface area contributed by atoms with Crippen LogP contribution in [0.15, 0.2) is 48.3 Å². The molecule has 80 valence electrons. The van der Waals surface area contributed by atoms with Crippen molar-refractivity contribution in [3.8, 4) is 5.75 Å². The number of halogens is 1. The van der Waals surface area contributed by atoms with Crippen molar-refractivity contribution in [1.82, 2.24) is 0 Å². The Morgan fingerprint density at radius 2 is 1.88 bits per heavy atom. The van der Waals surface area contributed by atoms with Crippen LogP contribution in [0.1, 0.15) is 0 Å². The number of rotatable bonds is 2. The molecule has 0 saturated carbocycles. The van der Waals surface area contributed by atoms with Crippen LogP contribution in [0.2, 0.25) is 0 Å². The quantitative estimate of drug-likeness (QED) is 0.561. The van der Waals surface area contributed by atoms with Crippen molar-refractivity contribution >= 4 is 11.6 Å². The largest absolute Gasteiger partial charge is 0.457 e. The molecule has 0 heterocycles. The molecule has 4 heteroatoms. The van der Waals surface area contributed by atoms with Crippen LogP contribution in [0.3, 0.4) is 0 Å². The van der Waals surface area contributed by atoms with Crippen LogP contribution in [-0.2, 0) is 9.59 Å². The lowest BCUT2D eigenvalue weighted by Crippen LogP contribution is -2.13. The standard InChI is InChI=1S/C12H7FO3/c13-8-2-1-3-9(6-8)16-10-4-5-11(14)12(15)7-10/h1-7H. The Balaban J connectivity index is 2.18.